The first-order chi connectivity index (χ1) is 15.5. The summed E-state index contributed by atoms with van der Waals surface area (Å²) in [5.74, 6) is 0.848. The van der Waals surface area contributed by atoms with Crippen LogP contribution in [0.4, 0.5) is 5.69 Å². The molecule has 0 aromatic heterocycles. The maximum atomic E-state index is 13.2. The minimum Gasteiger partial charge on any atom is -0.497 e. The summed E-state index contributed by atoms with van der Waals surface area (Å²) in [5.41, 5.74) is 3.45. The van der Waals surface area contributed by atoms with Gasteiger partial charge in [-0.25, -0.2) is 0 Å². The standard InChI is InChI=1S/C26H24N2O4/c1-18-6-5-7-20(14-18)15-24-26(30)28(22-8-3-4-9-23(22)32-24)17-25(29)27-16-19-10-12-21(31-2)13-11-19/h3-15H,16-17H2,1-2H3,(H,27,29)/b24-15+. The van der Waals surface area contributed by atoms with E-state index in [4.69, 9.17) is 9.47 Å². The molecule has 162 valence electrons. The molecule has 1 aliphatic heterocycles. The number of ether oxygens (including phenoxy) is 2. The molecule has 0 aliphatic carbocycles. The zero-order chi connectivity index (χ0) is 22.5. The zero-order valence-electron chi connectivity index (χ0n) is 18.0. The van der Waals surface area contributed by atoms with E-state index in [1.54, 1.807) is 25.3 Å². The number of amides is 2. The second-order valence-electron chi connectivity index (χ2n) is 7.51. The molecule has 6 nitrogen and oxygen atoms in total. The first kappa shape index (κ1) is 21.2. The summed E-state index contributed by atoms with van der Waals surface area (Å²) in [7, 11) is 1.61. The first-order valence-corrected chi connectivity index (χ1v) is 10.3. The minimum absolute atomic E-state index is 0.111. The highest BCUT2D eigenvalue weighted by Crippen LogP contribution is 2.35. The lowest BCUT2D eigenvalue weighted by atomic mass is 10.1. The van der Waals surface area contributed by atoms with E-state index in [1.165, 1.54) is 4.90 Å². The molecule has 0 unspecified atom stereocenters. The molecule has 4 rings (SSSR count). The third-order valence-corrected chi connectivity index (χ3v) is 5.12. The van der Waals surface area contributed by atoms with Crippen molar-refractivity contribution >= 4 is 23.6 Å². The third-order valence-electron chi connectivity index (χ3n) is 5.12. The van der Waals surface area contributed by atoms with Crippen molar-refractivity contribution < 1.29 is 19.1 Å². The van der Waals surface area contributed by atoms with E-state index in [2.05, 4.69) is 5.32 Å². The maximum absolute atomic E-state index is 13.2. The van der Waals surface area contributed by atoms with Crippen LogP contribution in [0.15, 0.2) is 78.6 Å². The van der Waals surface area contributed by atoms with Gasteiger partial charge in [0.25, 0.3) is 5.91 Å². The Morgan fingerprint density at radius 3 is 2.59 bits per heavy atom. The van der Waals surface area contributed by atoms with Gasteiger partial charge in [0.05, 0.1) is 12.8 Å². The Morgan fingerprint density at radius 2 is 1.84 bits per heavy atom. The monoisotopic (exact) mass is 428 g/mol. The number of carbonyl (C=O) groups is 2. The molecular formula is C26H24N2O4. The van der Waals surface area contributed by atoms with Crippen LogP contribution in [0.2, 0.25) is 0 Å². The number of anilines is 1. The summed E-state index contributed by atoms with van der Waals surface area (Å²) < 4.78 is 11.0. The number of para-hydroxylation sites is 2. The molecule has 1 heterocycles. The molecule has 0 spiro atoms. The van der Waals surface area contributed by atoms with Crippen molar-refractivity contribution in [1.82, 2.24) is 5.32 Å². The van der Waals surface area contributed by atoms with Crippen LogP contribution in [0.5, 0.6) is 11.5 Å². The van der Waals surface area contributed by atoms with Gasteiger partial charge in [0.15, 0.2) is 11.5 Å². The van der Waals surface area contributed by atoms with Gasteiger partial charge in [-0.05, 0) is 48.4 Å². The van der Waals surface area contributed by atoms with Crippen LogP contribution in [-0.2, 0) is 16.1 Å². The highest BCUT2D eigenvalue weighted by Gasteiger charge is 2.31. The molecule has 0 fully saturated rings. The number of nitrogens with one attached hydrogen (secondary N) is 1. The summed E-state index contributed by atoms with van der Waals surface area (Å²) in [6.07, 6.45) is 1.70. The van der Waals surface area contributed by atoms with Crippen molar-refractivity contribution in [1.29, 1.82) is 0 Å². The maximum Gasteiger partial charge on any atom is 0.294 e. The summed E-state index contributed by atoms with van der Waals surface area (Å²) in [5, 5.41) is 2.87. The normalized spacial score (nSPS) is 14.0. The van der Waals surface area contributed by atoms with E-state index in [0.29, 0.717) is 18.0 Å². The summed E-state index contributed by atoms with van der Waals surface area (Å²) in [6.45, 7) is 2.23. The molecule has 6 heteroatoms. The molecule has 1 N–H and O–H groups in total. The van der Waals surface area contributed by atoms with Crippen LogP contribution in [0.1, 0.15) is 16.7 Å². The largest absolute Gasteiger partial charge is 0.497 e. The smallest absolute Gasteiger partial charge is 0.294 e. The lowest BCUT2D eigenvalue weighted by molar-refractivity contribution is -0.123. The summed E-state index contributed by atoms with van der Waals surface area (Å²) in [4.78, 5) is 27.3. The van der Waals surface area contributed by atoms with Crippen LogP contribution >= 0.6 is 0 Å². The molecule has 3 aromatic rings. The predicted molar refractivity (Wildman–Crippen MR) is 123 cm³/mol. The van der Waals surface area contributed by atoms with Gasteiger partial charge < -0.3 is 14.8 Å². The van der Waals surface area contributed by atoms with Crippen molar-refractivity contribution in [3.05, 3.63) is 95.2 Å². The van der Waals surface area contributed by atoms with Gasteiger partial charge in [-0.2, -0.15) is 0 Å². The molecule has 32 heavy (non-hydrogen) atoms. The number of rotatable bonds is 6. The molecular weight excluding hydrogens is 404 g/mol. The van der Waals surface area contributed by atoms with Crippen molar-refractivity contribution in [3.63, 3.8) is 0 Å². The number of hydrogen-bond donors (Lipinski definition) is 1. The minimum atomic E-state index is -0.357. The zero-order valence-corrected chi connectivity index (χ0v) is 18.0. The fraction of sp³-hybridized carbons (Fsp3) is 0.154. The Morgan fingerprint density at radius 1 is 1.06 bits per heavy atom. The molecule has 3 aromatic carbocycles. The fourth-order valence-corrected chi connectivity index (χ4v) is 3.47. The first-order valence-electron chi connectivity index (χ1n) is 10.3. The Bertz CT molecular complexity index is 1170. The van der Waals surface area contributed by atoms with Crippen LogP contribution in [0.25, 0.3) is 6.08 Å². The second-order valence-corrected chi connectivity index (χ2v) is 7.51. The number of methoxy groups -OCH3 is 1. The Hall–Kier alpha value is -4.06. The molecule has 0 atom stereocenters. The van der Waals surface area contributed by atoms with Crippen LogP contribution < -0.4 is 19.7 Å². The Balaban J connectivity index is 1.52. The molecule has 0 radical (unpaired) electrons. The molecule has 1 aliphatic rings. The van der Waals surface area contributed by atoms with Gasteiger partial charge in [-0.1, -0.05) is 54.1 Å². The van der Waals surface area contributed by atoms with Crippen molar-refractivity contribution in [3.8, 4) is 11.5 Å². The van der Waals surface area contributed by atoms with Crippen molar-refractivity contribution in [2.75, 3.05) is 18.6 Å². The number of hydrogen-bond acceptors (Lipinski definition) is 4. The molecule has 0 bridgehead atoms. The summed E-state index contributed by atoms with van der Waals surface area (Å²) in [6, 6.07) is 22.4. The SMILES string of the molecule is COc1ccc(CNC(=O)CN2C(=O)/C(=C\c3cccc(C)c3)Oc3ccccc32)cc1. The highest BCUT2D eigenvalue weighted by atomic mass is 16.5. The van der Waals surface area contributed by atoms with E-state index < -0.39 is 0 Å². The average molecular weight is 428 g/mol. The second kappa shape index (κ2) is 9.39. The number of carbonyl (C=O) groups excluding carboxylic acids is 2. The van der Waals surface area contributed by atoms with E-state index in [1.807, 2.05) is 67.6 Å². The van der Waals surface area contributed by atoms with Crippen LogP contribution in [0.3, 0.4) is 0 Å². The van der Waals surface area contributed by atoms with Gasteiger partial charge in [-0.15, -0.1) is 0 Å². The third kappa shape index (κ3) is 4.81. The molecule has 2 amide bonds. The van der Waals surface area contributed by atoms with Gasteiger partial charge in [0.2, 0.25) is 5.91 Å². The Labute approximate surface area is 187 Å². The molecule has 0 saturated carbocycles. The topological polar surface area (TPSA) is 67.9 Å². The van der Waals surface area contributed by atoms with E-state index in [-0.39, 0.29) is 24.1 Å². The van der Waals surface area contributed by atoms with Crippen LogP contribution in [0, 0.1) is 6.92 Å². The highest BCUT2D eigenvalue weighted by molar-refractivity contribution is 6.12. The lowest BCUT2D eigenvalue weighted by Crippen LogP contribution is -2.44. The molecule has 0 saturated heterocycles. The van der Waals surface area contributed by atoms with Gasteiger partial charge in [-0.3, -0.25) is 14.5 Å². The number of benzene rings is 3. The van der Waals surface area contributed by atoms with E-state index in [0.717, 1.165) is 22.4 Å². The average Bonchev–Trinajstić information content (AvgIpc) is 2.81. The predicted octanol–water partition coefficient (Wildman–Crippen LogP) is 4.09. The van der Waals surface area contributed by atoms with Gasteiger partial charge in [0.1, 0.15) is 12.3 Å². The number of nitrogens with zero attached hydrogens (tertiary/aromatic N) is 1. The number of aryl methyl sites for hydroxylation is 1. The van der Waals surface area contributed by atoms with E-state index in [9.17, 15) is 9.59 Å². The summed E-state index contributed by atoms with van der Waals surface area (Å²) >= 11 is 0. The van der Waals surface area contributed by atoms with Crippen LogP contribution in [-0.4, -0.2) is 25.5 Å². The van der Waals surface area contributed by atoms with Crippen molar-refractivity contribution in [2.45, 2.75) is 13.5 Å². The Kier molecular flexibility index (Phi) is 6.22. The quantitative estimate of drug-likeness (QED) is 0.601. The van der Waals surface area contributed by atoms with Gasteiger partial charge >= 0.3 is 0 Å². The van der Waals surface area contributed by atoms with Gasteiger partial charge in [0, 0.05) is 6.54 Å². The van der Waals surface area contributed by atoms with Crippen molar-refractivity contribution in [2.24, 2.45) is 0 Å². The lowest BCUT2D eigenvalue weighted by Gasteiger charge is -2.30. The van der Waals surface area contributed by atoms with E-state index >= 15 is 0 Å². The fourth-order valence-electron chi connectivity index (χ4n) is 3.47. The number of fused-ring (bicyclic) bond motifs is 1.